The molecular weight excluding hydrogens is 420 g/mol. The van der Waals surface area contributed by atoms with Gasteiger partial charge in [-0.3, -0.25) is 9.59 Å². The fourth-order valence-corrected chi connectivity index (χ4v) is 5.14. The Morgan fingerprint density at radius 3 is 2.91 bits per heavy atom. The highest BCUT2D eigenvalue weighted by molar-refractivity contribution is 7.21. The van der Waals surface area contributed by atoms with Crippen LogP contribution in [0.4, 0.5) is 11.4 Å². The van der Waals surface area contributed by atoms with Gasteiger partial charge in [0.25, 0.3) is 5.91 Å². The van der Waals surface area contributed by atoms with E-state index in [2.05, 4.69) is 22.5 Å². The van der Waals surface area contributed by atoms with Crippen LogP contribution >= 0.6 is 11.3 Å². The van der Waals surface area contributed by atoms with Crippen LogP contribution in [0.25, 0.3) is 32.2 Å². The first-order valence-corrected chi connectivity index (χ1v) is 11.2. The average Bonchev–Trinajstić information content (AvgIpc) is 3.10. The lowest BCUT2D eigenvalue weighted by Gasteiger charge is -2.12. The van der Waals surface area contributed by atoms with Crippen LogP contribution in [0.3, 0.4) is 0 Å². The van der Waals surface area contributed by atoms with Gasteiger partial charge in [-0.25, -0.2) is 4.98 Å². The first-order valence-electron chi connectivity index (χ1n) is 10.4. The Labute approximate surface area is 189 Å². The summed E-state index contributed by atoms with van der Waals surface area (Å²) in [7, 11) is 0. The van der Waals surface area contributed by atoms with Crippen molar-refractivity contribution >= 4 is 55.5 Å². The number of aromatic nitrogens is 1. The van der Waals surface area contributed by atoms with E-state index >= 15 is 0 Å². The molecule has 0 saturated carbocycles. The van der Waals surface area contributed by atoms with E-state index in [1.165, 1.54) is 17.4 Å². The molecule has 6 nitrogen and oxygen atoms in total. The highest BCUT2D eigenvalue weighted by Crippen LogP contribution is 2.41. The van der Waals surface area contributed by atoms with Gasteiger partial charge in [0.05, 0.1) is 22.6 Å². The van der Waals surface area contributed by atoms with E-state index in [0.717, 1.165) is 43.5 Å². The van der Waals surface area contributed by atoms with Gasteiger partial charge in [-0.05, 0) is 55.8 Å². The third kappa shape index (κ3) is 3.40. The molecule has 3 N–H and O–H groups in total. The normalized spacial score (nSPS) is 15.6. The summed E-state index contributed by atoms with van der Waals surface area (Å²) in [5.41, 5.74) is 5.03. The number of hydrogen-bond donors (Lipinski definition) is 3. The zero-order chi connectivity index (χ0) is 22.4. The van der Waals surface area contributed by atoms with Crippen LogP contribution in [-0.4, -0.2) is 29.4 Å². The fraction of sp³-hybridized carbons (Fsp3) is 0.160. The van der Waals surface area contributed by atoms with Crippen molar-refractivity contribution in [1.29, 1.82) is 0 Å². The Hall–Kier alpha value is -3.71. The number of nitrogens with zero attached hydrogens (tertiary/aromatic N) is 1. The van der Waals surface area contributed by atoms with E-state index in [4.69, 9.17) is 4.98 Å². The highest BCUT2D eigenvalue weighted by atomic mass is 32.1. The highest BCUT2D eigenvalue weighted by Gasteiger charge is 2.24. The lowest BCUT2D eigenvalue weighted by Crippen LogP contribution is -2.34. The maximum Gasteiger partial charge on any atom is 0.263 e. The molecule has 5 rings (SSSR count). The minimum Gasteiger partial charge on any atom is -0.381 e. The number of rotatable bonds is 3. The number of nitrogens with one attached hydrogen (secondary N) is 3. The third-order valence-electron chi connectivity index (χ3n) is 5.59. The zero-order valence-electron chi connectivity index (χ0n) is 17.8. The lowest BCUT2D eigenvalue weighted by molar-refractivity contribution is -0.111. The summed E-state index contributed by atoms with van der Waals surface area (Å²) in [6, 6.07) is 13.9. The summed E-state index contributed by atoms with van der Waals surface area (Å²) >= 11 is 1.49. The van der Waals surface area contributed by atoms with Crippen molar-refractivity contribution in [3.8, 4) is 11.3 Å². The number of carbonyl (C=O) groups excluding carboxylic acids is 2. The molecule has 0 aliphatic carbocycles. The molecule has 2 aromatic heterocycles. The van der Waals surface area contributed by atoms with Gasteiger partial charge in [0.1, 0.15) is 4.88 Å². The van der Waals surface area contributed by atoms with E-state index in [1.807, 2.05) is 56.3 Å². The Balaban J connectivity index is 1.67. The summed E-state index contributed by atoms with van der Waals surface area (Å²) in [5.74, 6) is -0.308. The number of pyridine rings is 1. The Kier molecular flexibility index (Phi) is 4.90. The molecule has 160 valence electrons. The molecule has 4 aromatic rings. The van der Waals surface area contributed by atoms with Crippen LogP contribution in [0.1, 0.15) is 22.2 Å². The molecule has 1 unspecified atom stereocenters. The van der Waals surface area contributed by atoms with E-state index in [9.17, 15) is 9.59 Å². The van der Waals surface area contributed by atoms with Crippen LogP contribution in [0.2, 0.25) is 0 Å². The van der Waals surface area contributed by atoms with Gasteiger partial charge in [-0.15, -0.1) is 11.3 Å². The molecule has 7 heteroatoms. The lowest BCUT2D eigenvalue weighted by atomic mass is 10.0. The van der Waals surface area contributed by atoms with Crippen LogP contribution in [0, 0.1) is 6.92 Å². The van der Waals surface area contributed by atoms with Gasteiger partial charge >= 0.3 is 0 Å². The molecule has 2 aromatic carbocycles. The van der Waals surface area contributed by atoms with Crippen molar-refractivity contribution in [2.24, 2.45) is 0 Å². The van der Waals surface area contributed by atoms with Crippen molar-refractivity contribution in [2.75, 3.05) is 17.2 Å². The van der Waals surface area contributed by atoms with Gasteiger partial charge in [0.2, 0.25) is 5.91 Å². The molecular formula is C25H22N4O2S. The van der Waals surface area contributed by atoms with Crippen LogP contribution in [0.15, 0.2) is 55.1 Å². The second-order valence-corrected chi connectivity index (χ2v) is 9.06. The summed E-state index contributed by atoms with van der Waals surface area (Å²) < 4.78 is 1.04. The molecule has 0 radical (unpaired) electrons. The summed E-state index contributed by atoms with van der Waals surface area (Å²) in [5, 5.41) is 11.4. The van der Waals surface area contributed by atoms with Crippen molar-refractivity contribution < 1.29 is 9.59 Å². The zero-order valence-corrected chi connectivity index (χ0v) is 18.6. The molecule has 32 heavy (non-hydrogen) atoms. The number of benzene rings is 2. The van der Waals surface area contributed by atoms with Crippen LogP contribution < -0.4 is 16.0 Å². The molecule has 0 bridgehead atoms. The smallest absolute Gasteiger partial charge is 0.263 e. The maximum absolute atomic E-state index is 12.6. The molecule has 2 amide bonds. The van der Waals surface area contributed by atoms with Crippen molar-refractivity contribution in [2.45, 2.75) is 19.9 Å². The first kappa shape index (κ1) is 20.2. The summed E-state index contributed by atoms with van der Waals surface area (Å²) in [6.45, 7) is 8.17. The number of amides is 2. The summed E-state index contributed by atoms with van der Waals surface area (Å²) in [6.07, 6.45) is 1.25. The Morgan fingerprint density at radius 2 is 2.09 bits per heavy atom. The standard InChI is InChI=1S/C25H22N4O2S/c1-4-21(30)29-19-11-13(2)5-6-15(19)17-8-7-16-18(28-17)9-10-20-22(16)23-24(32-20)25(31)27-14(3)12-26-23/h4-11,14,26H,1,12H2,2-3H3,(H,27,31)(H,29,30). The topological polar surface area (TPSA) is 83.1 Å². The molecule has 1 aliphatic rings. The Bertz CT molecular complexity index is 1420. The van der Waals surface area contributed by atoms with Gasteiger partial charge < -0.3 is 16.0 Å². The van der Waals surface area contributed by atoms with Gasteiger partial charge in [-0.2, -0.15) is 0 Å². The molecule has 0 saturated heterocycles. The van der Waals surface area contributed by atoms with Crippen LogP contribution in [0.5, 0.6) is 0 Å². The quantitative estimate of drug-likeness (QED) is 0.386. The fourth-order valence-electron chi connectivity index (χ4n) is 4.04. The second kappa shape index (κ2) is 7.76. The molecule has 0 spiro atoms. The second-order valence-electron chi connectivity index (χ2n) is 8.01. The van der Waals surface area contributed by atoms with Gasteiger partial charge in [0, 0.05) is 33.6 Å². The average molecular weight is 443 g/mol. The largest absolute Gasteiger partial charge is 0.381 e. The maximum atomic E-state index is 12.6. The number of carbonyl (C=O) groups is 2. The van der Waals surface area contributed by atoms with E-state index in [-0.39, 0.29) is 17.9 Å². The molecule has 1 aliphatic heterocycles. The van der Waals surface area contributed by atoms with Gasteiger partial charge in [0.15, 0.2) is 0 Å². The number of thiophene rings is 1. The van der Waals surface area contributed by atoms with Gasteiger partial charge in [-0.1, -0.05) is 18.7 Å². The Morgan fingerprint density at radius 1 is 1.25 bits per heavy atom. The minimum absolute atomic E-state index is 0.0429. The molecule has 1 atom stereocenters. The first-order chi connectivity index (χ1) is 15.4. The monoisotopic (exact) mass is 442 g/mol. The van der Waals surface area contributed by atoms with Crippen LogP contribution in [-0.2, 0) is 4.79 Å². The SMILES string of the molecule is C=CC(=O)Nc1cc(C)ccc1-c1ccc2c(ccc3sc4c(c32)NCC(C)NC4=O)n1. The van der Waals surface area contributed by atoms with E-state index < -0.39 is 0 Å². The minimum atomic E-state index is -0.265. The van der Waals surface area contributed by atoms with E-state index in [1.54, 1.807) is 0 Å². The van der Waals surface area contributed by atoms with E-state index in [0.29, 0.717) is 17.1 Å². The number of aryl methyl sites for hydroxylation is 1. The molecule has 0 fully saturated rings. The van der Waals surface area contributed by atoms with Crippen molar-refractivity contribution in [3.63, 3.8) is 0 Å². The van der Waals surface area contributed by atoms with Crippen molar-refractivity contribution in [1.82, 2.24) is 10.3 Å². The predicted molar refractivity (Wildman–Crippen MR) is 132 cm³/mol. The number of fused-ring (bicyclic) bond motifs is 5. The molecule has 3 heterocycles. The summed E-state index contributed by atoms with van der Waals surface area (Å²) in [4.78, 5) is 30.2. The number of anilines is 2. The third-order valence-corrected chi connectivity index (χ3v) is 6.74. The van der Waals surface area contributed by atoms with Crippen molar-refractivity contribution in [3.05, 3.63) is 65.6 Å². The predicted octanol–water partition coefficient (Wildman–Crippen LogP) is 5.09. The number of hydrogen-bond acceptors (Lipinski definition) is 5.